The van der Waals surface area contributed by atoms with Gasteiger partial charge in [0, 0.05) is 18.8 Å². The van der Waals surface area contributed by atoms with Crippen molar-refractivity contribution in [1.29, 1.82) is 0 Å². The number of carbonyl (C=O) groups excluding carboxylic acids is 1. The number of amides is 2. The van der Waals surface area contributed by atoms with Crippen molar-refractivity contribution >= 4 is 23.1 Å². The number of nitrogens with one attached hydrogen (secondary N) is 2. The Morgan fingerprint density at radius 3 is 2.77 bits per heavy atom. The van der Waals surface area contributed by atoms with Gasteiger partial charge in [0.15, 0.2) is 0 Å². The molecule has 2 N–H and O–H groups in total. The Labute approximate surface area is 155 Å². The van der Waals surface area contributed by atoms with Gasteiger partial charge in [-0.1, -0.05) is 6.07 Å². The molecule has 0 aliphatic rings. The first-order chi connectivity index (χ1) is 12.7. The van der Waals surface area contributed by atoms with Crippen LogP contribution in [-0.2, 0) is 6.54 Å². The molecule has 0 radical (unpaired) electrons. The fourth-order valence-electron chi connectivity index (χ4n) is 2.39. The van der Waals surface area contributed by atoms with Gasteiger partial charge in [0.1, 0.15) is 11.5 Å². The average Bonchev–Trinajstić information content (AvgIpc) is 3.22. The van der Waals surface area contributed by atoms with Crippen LogP contribution in [0.3, 0.4) is 0 Å². The molecular formula is C19H19N3O3S. The van der Waals surface area contributed by atoms with Crippen molar-refractivity contribution in [2.75, 3.05) is 19.5 Å². The van der Waals surface area contributed by atoms with Crippen LogP contribution >= 0.6 is 11.3 Å². The Bertz CT molecular complexity index is 881. The Kier molecular flexibility index (Phi) is 5.70. The molecule has 134 valence electrons. The van der Waals surface area contributed by atoms with E-state index in [0.717, 1.165) is 16.1 Å². The number of anilines is 1. The number of methoxy groups -OCH3 is 2. The Hall–Kier alpha value is -3.06. The lowest BCUT2D eigenvalue weighted by Crippen LogP contribution is -2.28. The van der Waals surface area contributed by atoms with Gasteiger partial charge in [-0.05, 0) is 41.3 Å². The summed E-state index contributed by atoms with van der Waals surface area (Å²) in [6.07, 6.45) is 1.75. The minimum atomic E-state index is -0.317. The van der Waals surface area contributed by atoms with Crippen molar-refractivity contribution < 1.29 is 14.3 Å². The van der Waals surface area contributed by atoms with Crippen LogP contribution in [0.2, 0.25) is 0 Å². The van der Waals surface area contributed by atoms with Crippen molar-refractivity contribution in [3.63, 3.8) is 0 Å². The largest absolute Gasteiger partial charge is 0.497 e. The van der Waals surface area contributed by atoms with E-state index >= 15 is 0 Å². The molecule has 0 aliphatic heterocycles. The quantitative estimate of drug-likeness (QED) is 0.685. The molecule has 7 heteroatoms. The van der Waals surface area contributed by atoms with Gasteiger partial charge in [-0.15, -0.1) is 11.3 Å². The van der Waals surface area contributed by atoms with Crippen molar-refractivity contribution in [3.05, 3.63) is 59.6 Å². The molecule has 2 amide bonds. The van der Waals surface area contributed by atoms with Crippen molar-refractivity contribution in [2.24, 2.45) is 0 Å². The van der Waals surface area contributed by atoms with Gasteiger partial charge < -0.3 is 20.1 Å². The fraction of sp³-hybridized carbons (Fsp3) is 0.158. The summed E-state index contributed by atoms with van der Waals surface area (Å²) in [6, 6.07) is 12.8. The normalized spacial score (nSPS) is 10.2. The molecule has 0 bridgehead atoms. The zero-order chi connectivity index (χ0) is 18.4. The molecule has 0 fully saturated rings. The predicted octanol–water partition coefficient (Wildman–Crippen LogP) is 4.15. The van der Waals surface area contributed by atoms with Crippen LogP contribution in [0.25, 0.3) is 10.6 Å². The van der Waals surface area contributed by atoms with Gasteiger partial charge in [-0.3, -0.25) is 4.98 Å². The minimum Gasteiger partial charge on any atom is -0.497 e. The number of ether oxygens (including phenoxy) is 2. The zero-order valence-electron chi connectivity index (χ0n) is 14.5. The van der Waals surface area contributed by atoms with E-state index in [0.29, 0.717) is 23.7 Å². The Morgan fingerprint density at radius 2 is 2.04 bits per heavy atom. The summed E-state index contributed by atoms with van der Waals surface area (Å²) in [7, 11) is 3.12. The van der Waals surface area contributed by atoms with Gasteiger partial charge in [0.25, 0.3) is 0 Å². The molecule has 2 aromatic heterocycles. The number of pyridine rings is 1. The zero-order valence-corrected chi connectivity index (χ0v) is 15.3. The first kappa shape index (κ1) is 17.8. The predicted molar refractivity (Wildman–Crippen MR) is 103 cm³/mol. The standard InChI is InChI=1S/C19H19N3O3S/c1-24-14-5-6-15(17(11-14)25-2)22-19(23)21-12-13-7-8-20-16(10-13)18-4-3-9-26-18/h3-11H,12H2,1-2H3,(H2,21,22,23). The molecule has 26 heavy (non-hydrogen) atoms. The molecule has 3 aromatic rings. The van der Waals surface area contributed by atoms with Crippen LogP contribution in [0.1, 0.15) is 5.56 Å². The second-order valence-electron chi connectivity index (χ2n) is 5.40. The topological polar surface area (TPSA) is 72.5 Å². The molecule has 2 heterocycles. The fourth-order valence-corrected chi connectivity index (χ4v) is 3.09. The Morgan fingerprint density at radius 1 is 1.15 bits per heavy atom. The smallest absolute Gasteiger partial charge is 0.319 e. The maximum absolute atomic E-state index is 12.2. The van der Waals surface area contributed by atoms with E-state index in [2.05, 4.69) is 15.6 Å². The third kappa shape index (κ3) is 4.31. The van der Waals surface area contributed by atoms with Crippen LogP contribution in [0.15, 0.2) is 54.0 Å². The lowest BCUT2D eigenvalue weighted by Gasteiger charge is -2.12. The monoisotopic (exact) mass is 369 g/mol. The SMILES string of the molecule is COc1ccc(NC(=O)NCc2ccnc(-c3cccs3)c2)c(OC)c1. The third-order valence-electron chi connectivity index (χ3n) is 3.71. The van der Waals surface area contributed by atoms with Gasteiger partial charge in [0.05, 0.1) is 30.5 Å². The minimum absolute atomic E-state index is 0.317. The second-order valence-corrected chi connectivity index (χ2v) is 6.35. The summed E-state index contributed by atoms with van der Waals surface area (Å²) in [6.45, 7) is 0.394. The number of aromatic nitrogens is 1. The summed E-state index contributed by atoms with van der Waals surface area (Å²) in [5.41, 5.74) is 2.44. The highest BCUT2D eigenvalue weighted by Crippen LogP contribution is 2.29. The number of urea groups is 1. The molecule has 1 aromatic carbocycles. The molecule has 0 aliphatic carbocycles. The third-order valence-corrected chi connectivity index (χ3v) is 4.60. The van der Waals surface area contributed by atoms with E-state index in [1.54, 1.807) is 50.0 Å². The lowest BCUT2D eigenvalue weighted by atomic mass is 10.2. The molecule has 0 spiro atoms. The molecule has 0 atom stereocenters. The van der Waals surface area contributed by atoms with Crippen molar-refractivity contribution in [1.82, 2.24) is 10.3 Å². The number of nitrogens with zero attached hydrogens (tertiary/aromatic N) is 1. The van der Waals surface area contributed by atoms with Crippen LogP contribution in [0, 0.1) is 0 Å². The van der Waals surface area contributed by atoms with Crippen molar-refractivity contribution in [2.45, 2.75) is 6.54 Å². The van der Waals surface area contributed by atoms with E-state index in [4.69, 9.17) is 9.47 Å². The van der Waals surface area contributed by atoms with E-state index in [-0.39, 0.29) is 6.03 Å². The number of rotatable bonds is 6. The van der Waals surface area contributed by atoms with Crippen molar-refractivity contribution in [3.8, 4) is 22.1 Å². The molecule has 0 unspecified atom stereocenters. The highest BCUT2D eigenvalue weighted by atomic mass is 32.1. The van der Waals surface area contributed by atoms with Gasteiger partial charge in [-0.25, -0.2) is 4.79 Å². The first-order valence-corrected chi connectivity index (χ1v) is 8.83. The van der Waals surface area contributed by atoms with E-state index in [1.807, 2.05) is 29.6 Å². The summed E-state index contributed by atoms with van der Waals surface area (Å²) in [5.74, 6) is 1.19. The first-order valence-electron chi connectivity index (χ1n) is 7.95. The number of benzene rings is 1. The highest BCUT2D eigenvalue weighted by molar-refractivity contribution is 7.13. The maximum atomic E-state index is 12.2. The number of carbonyl (C=O) groups is 1. The summed E-state index contributed by atoms with van der Waals surface area (Å²) in [4.78, 5) is 17.7. The highest BCUT2D eigenvalue weighted by Gasteiger charge is 2.09. The van der Waals surface area contributed by atoms with Crippen LogP contribution in [0.4, 0.5) is 10.5 Å². The van der Waals surface area contributed by atoms with E-state index in [9.17, 15) is 4.79 Å². The average molecular weight is 369 g/mol. The van der Waals surface area contributed by atoms with Gasteiger partial charge in [0.2, 0.25) is 0 Å². The van der Waals surface area contributed by atoms with E-state index in [1.165, 1.54) is 0 Å². The molecule has 3 rings (SSSR count). The summed E-state index contributed by atoms with van der Waals surface area (Å²) >= 11 is 1.63. The molecular weight excluding hydrogens is 350 g/mol. The van der Waals surface area contributed by atoms with Gasteiger partial charge in [-0.2, -0.15) is 0 Å². The number of hydrogen-bond acceptors (Lipinski definition) is 5. The number of thiophene rings is 1. The molecule has 6 nitrogen and oxygen atoms in total. The van der Waals surface area contributed by atoms with Crippen LogP contribution < -0.4 is 20.1 Å². The lowest BCUT2D eigenvalue weighted by molar-refractivity contribution is 0.251. The number of hydrogen-bond donors (Lipinski definition) is 2. The summed E-state index contributed by atoms with van der Waals surface area (Å²) in [5, 5.41) is 7.63. The molecule has 0 saturated carbocycles. The molecule has 0 saturated heterocycles. The summed E-state index contributed by atoms with van der Waals surface area (Å²) < 4.78 is 10.4. The van der Waals surface area contributed by atoms with E-state index < -0.39 is 0 Å². The maximum Gasteiger partial charge on any atom is 0.319 e. The van der Waals surface area contributed by atoms with Crippen LogP contribution in [-0.4, -0.2) is 25.2 Å². The Balaban J connectivity index is 1.62. The van der Waals surface area contributed by atoms with Crippen LogP contribution in [0.5, 0.6) is 11.5 Å². The second kappa shape index (κ2) is 8.35. The van der Waals surface area contributed by atoms with Gasteiger partial charge >= 0.3 is 6.03 Å².